The van der Waals surface area contributed by atoms with Crippen molar-refractivity contribution in [3.05, 3.63) is 28.7 Å². The first-order valence-electron chi connectivity index (χ1n) is 4.21. The van der Waals surface area contributed by atoms with Crippen molar-refractivity contribution in [3.63, 3.8) is 0 Å². The summed E-state index contributed by atoms with van der Waals surface area (Å²) in [6.07, 6.45) is 2.58. The minimum atomic E-state index is 1.17. The van der Waals surface area contributed by atoms with Crippen LogP contribution in [-0.4, -0.2) is 5.75 Å². The first-order chi connectivity index (χ1) is 5.83. The van der Waals surface area contributed by atoms with Gasteiger partial charge in [-0.3, -0.25) is 0 Å². The summed E-state index contributed by atoms with van der Waals surface area (Å²) in [5.74, 6) is 1.23. The van der Waals surface area contributed by atoms with Crippen LogP contribution in [0.25, 0.3) is 0 Å². The average molecular weight is 245 g/mol. The fourth-order valence-electron chi connectivity index (χ4n) is 0.891. The van der Waals surface area contributed by atoms with Gasteiger partial charge < -0.3 is 0 Å². The van der Waals surface area contributed by atoms with E-state index in [-0.39, 0.29) is 0 Å². The first-order valence-corrected chi connectivity index (χ1v) is 5.99. The molecule has 0 aliphatic carbocycles. The van der Waals surface area contributed by atoms with Crippen LogP contribution in [-0.2, 0) is 0 Å². The van der Waals surface area contributed by atoms with Crippen LogP contribution in [0, 0.1) is 0 Å². The third-order valence-electron chi connectivity index (χ3n) is 1.56. The highest BCUT2D eigenvalue weighted by Gasteiger charge is 1.93. The summed E-state index contributed by atoms with van der Waals surface area (Å²) < 4.78 is 1.17. The van der Waals surface area contributed by atoms with Crippen LogP contribution < -0.4 is 0 Å². The van der Waals surface area contributed by atoms with Gasteiger partial charge in [0.15, 0.2) is 0 Å². The Morgan fingerprint density at radius 3 is 2.92 bits per heavy atom. The average Bonchev–Trinajstić information content (AvgIpc) is 2.05. The fourth-order valence-corrected chi connectivity index (χ4v) is 2.50. The second-order valence-electron chi connectivity index (χ2n) is 2.66. The molecule has 0 amide bonds. The summed E-state index contributed by atoms with van der Waals surface area (Å²) in [5, 5.41) is 0. The van der Waals surface area contributed by atoms with Crippen molar-refractivity contribution in [2.75, 3.05) is 5.75 Å². The van der Waals surface area contributed by atoms with Gasteiger partial charge in [0.05, 0.1) is 0 Å². The van der Waals surface area contributed by atoms with Crippen LogP contribution in [0.2, 0.25) is 0 Å². The van der Waals surface area contributed by atoms with E-state index in [4.69, 9.17) is 0 Å². The van der Waals surface area contributed by atoms with E-state index in [0.29, 0.717) is 0 Å². The summed E-state index contributed by atoms with van der Waals surface area (Å²) in [7, 11) is 0. The Hall–Kier alpha value is 0.0500. The zero-order valence-corrected chi connectivity index (χ0v) is 9.62. The second kappa shape index (κ2) is 5.65. The van der Waals surface area contributed by atoms with Gasteiger partial charge in [-0.25, -0.2) is 0 Å². The molecular formula is C10H13BrS. The standard InChI is InChI=1S/C10H13BrS/c1-2-3-7-12-10-6-4-5-9(11)8-10/h4-6,8H,2-3,7H2,1H3. The first kappa shape index (κ1) is 10.1. The van der Waals surface area contributed by atoms with Gasteiger partial charge in [-0.15, -0.1) is 11.8 Å². The maximum absolute atomic E-state index is 3.46. The molecule has 66 valence electrons. The molecule has 0 radical (unpaired) electrons. The number of hydrogen-bond donors (Lipinski definition) is 0. The number of benzene rings is 1. The summed E-state index contributed by atoms with van der Waals surface area (Å²) in [6.45, 7) is 2.22. The molecule has 1 aromatic carbocycles. The van der Waals surface area contributed by atoms with Gasteiger partial charge in [0.2, 0.25) is 0 Å². The summed E-state index contributed by atoms with van der Waals surface area (Å²) >= 11 is 5.39. The van der Waals surface area contributed by atoms with Gasteiger partial charge in [0.25, 0.3) is 0 Å². The Labute approximate surface area is 86.9 Å². The molecule has 2 heteroatoms. The molecule has 0 saturated heterocycles. The van der Waals surface area contributed by atoms with Gasteiger partial charge >= 0.3 is 0 Å². The third-order valence-corrected chi connectivity index (χ3v) is 3.14. The lowest BCUT2D eigenvalue weighted by atomic mass is 10.4. The van der Waals surface area contributed by atoms with E-state index in [9.17, 15) is 0 Å². The lowest BCUT2D eigenvalue weighted by Gasteiger charge is -1.99. The highest BCUT2D eigenvalue weighted by Crippen LogP contribution is 2.22. The Morgan fingerprint density at radius 2 is 2.25 bits per heavy atom. The number of unbranched alkanes of at least 4 members (excludes halogenated alkanes) is 1. The molecule has 0 atom stereocenters. The molecule has 12 heavy (non-hydrogen) atoms. The van der Waals surface area contributed by atoms with E-state index < -0.39 is 0 Å². The molecule has 1 rings (SSSR count). The van der Waals surface area contributed by atoms with E-state index in [1.807, 2.05) is 11.8 Å². The predicted molar refractivity (Wildman–Crippen MR) is 59.8 cm³/mol. The minimum absolute atomic E-state index is 1.17. The van der Waals surface area contributed by atoms with Crippen molar-refractivity contribution < 1.29 is 0 Å². The molecule has 0 aliphatic rings. The normalized spacial score (nSPS) is 10.2. The minimum Gasteiger partial charge on any atom is -0.126 e. The van der Waals surface area contributed by atoms with Crippen molar-refractivity contribution in [1.29, 1.82) is 0 Å². The van der Waals surface area contributed by atoms with E-state index in [1.165, 1.54) is 28.0 Å². The van der Waals surface area contributed by atoms with E-state index in [0.717, 1.165) is 0 Å². The molecule has 0 N–H and O–H groups in total. The highest BCUT2D eigenvalue weighted by molar-refractivity contribution is 9.10. The van der Waals surface area contributed by atoms with Crippen molar-refractivity contribution >= 4 is 27.7 Å². The molecule has 0 aromatic heterocycles. The Kier molecular flexibility index (Phi) is 4.77. The second-order valence-corrected chi connectivity index (χ2v) is 4.74. The summed E-state index contributed by atoms with van der Waals surface area (Å²) in [5.41, 5.74) is 0. The molecule has 0 unspecified atom stereocenters. The van der Waals surface area contributed by atoms with Gasteiger partial charge in [-0.2, -0.15) is 0 Å². The quantitative estimate of drug-likeness (QED) is 0.561. The Bertz CT molecular complexity index is 235. The zero-order chi connectivity index (χ0) is 8.81. The van der Waals surface area contributed by atoms with Crippen LogP contribution in [0.4, 0.5) is 0 Å². The zero-order valence-electron chi connectivity index (χ0n) is 7.22. The van der Waals surface area contributed by atoms with Crippen LogP contribution >= 0.6 is 27.7 Å². The SMILES string of the molecule is CCCCSc1cccc(Br)c1. The summed E-state index contributed by atoms with van der Waals surface area (Å²) in [4.78, 5) is 1.36. The van der Waals surface area contributed by atoms with Gasteiger partial charge in [0.1, 0.15) is 0 Å². The van der Waals surface area contributed by atoms with Gasteiger partial charge in [-0.1, -0.05) is 35.3 Å². The summed E-state index contributed by atoms with van der Waals surface area (Å²) in [6, 6.07) is 8.47. The van der Waals surface area contributed by atoms with Crippen molar-refractivity contribution in [3.8, 4) is 0 Å². The number of halogens is 1. The molecule has 0 aliphatic heterocycles. The predicted octanol–water partition coefficient (Wildman–Crippen LogP) is 4.34. The lowest BCUT2D eigenvalue weighted by molar-refractivity contribution is 0.896. The van der Waals surface area contributed by atoms with Gasteiger partial charge in [-0.05, 0) is 30.4 Å². The number of rotatable bonds is 4. The molecule has 0 bridgehead atoms. The number of hydrogen-bond acceptors (Lipinski definition) is 1. The molecule has 0 nitrogen and oxygen atoms in total. The Morgan fingerprint density at radius 1 is 1.42 bits per heavy atom. The highest BCUT2D eigenvalue weighted by atomic mass is 79.9. The van der Waals surface area contributed by atoms with E-state index in [1.54, 1.807) is 0 Å². The monoisotopic (exact) mass is 244 g/mol. The lowest BCUT2D eigenvalue weighted by Crippen LogP contribution is -1.77. The molecule has 0 saturated carbocycles. The van der Waals surface area contributed by atoms with Crippen LogP contribution in [0.3, 0.4) is 0 Å². The van der Waals surface area contributed by atoms with E-state index >= 15 is 0 Å². The maximum Gasteiger partial charge on any atom is 0.0186 e. The fraction of sp³-hybridized carbons (Fsp3) is 0.400. The van der Waals surface area contributed by atoms with Crippen LogP contribution in [0.1, 0.15) is 19.8 Å². The van der Waals surface area contributed by atoms with Crippen LogP contribution in [0.5, 0.6) is 0 Å². The third kappa shape index (κ3) is 3.63. The molecule has 0 fully saturated rings. The molecule has 0 heterocycles. The van der Waals surface area contributed by atoms with Gasteiger partial charge in [0, 0.05) is 9.37 Å². The van der Waals surface area contributed by atoms with Crippen molar-refractivity contribution in [2.45, 2.75) is 24.7 Å². The van der Waals surface area contributed by atoms with Crippen molar-refractivity contribution in [2.24, 2.45) is 0 Å². The van der Waals surface area contributed by atoms with E-state index in [2.05, 4.69) is 47.1 Å². The molecule has 1 aromatic rings. The van der Waals surface area contributed by atoms with Crippen LogP contribution in [0.15, 0.2) is 33.6 Å². The molecular weight excluding hydrogens is 232 g/mol. The van der Waals surface area contributed by atoms with Crippen molar-refractivity contribution in [1.82, 2.24) is 0 Å². The number of thioether (sulfide) groups is 1. The molecule has 0 spiro atoms. The Balaban J connectivity index is 2.41. The smallest absolute Gasteiger partial charge is 0.0186 e. The maximum atomic E-state index is 3.46. The largest absolute Gasteiger partial charge is 0.126 e. The topological polar surface area (TPSA) is 0 Å².